The molecule has 1 aromatic carbocycles. The van der Waals surface area contributed by atoms with Crippen LogP contribution in [0.1, 0.15) is 19.4 Å². The van der Waals surface area contributed by atoms with Crippen molar-refractivity contribution in [2.45, 2.75) is 26.0 Å². The molecule has 4 heteroatoms. The topological polar surface area (TPSA) is 50.7 Å². The molecule has 0 spiro atoms. The SMILES string of the molecule is CCNC(C)(O)Cc1ccc2c(c1)OCO2. The van der Waals surface area contributed by atoms with Gasteiger partial charge >= 0.3 is 0 Å². The van der Waals surface area contributed by atoms with Crippen LogP contribution in [0.3, 0.4) is 0 Å². The van der Waals surface area contributed by atoms with Gasteiger partial charge in [-0.1, -0.05) is 13.0 Å². The molecule has 0 fully saturated rings. The normalized spacial score (nSPS) is 17.2. The van der Waals surface area contributed by atoms with Crippen LogP contribution in [0.5, 0.6) is 11.5 Å². The lowest BCUT2D eigenvalue weighted by Gasteiger charge is -2.24. The van der Waals surface area contributed by atoms with Crippen molar-refractivity contribution in [2.75, 3.05) is 13.3 Å². The average molecular weight is 223 g/mol. The first-order valence-corrected chi connectivity index (χ1v) is 5.47. The van der Waals surface area contributed by atoms with Gasteiger partial charge in [0.25, 0.3) is 0 Å². The molecule has 0 aromatic heterocycles. The molecule has 0 radical (unpaired) electrons. The van der Waals surface area contributed by atoms with E-state index in [1.165, 1.54) is 0 Å². The van der Waals surface area contributed by atoms with Crippen LogP contribution in [0.4, 0.5) is 0 Å². The number of hydrogen-bond acceptors (Lipinski definition) is 4. The fraction of sp³-hybridized carbons (Fsp3) is 0.500. The minimum Gasteiger partial charge on any atom is -0.454 e. The molecule has 1 heterocycles. The van der Waals surface area contributed by atoms with E-state index in [0.717, 1.165) is 23.6 Å². The molecule has 0 saturated carbocycles. The second kappa shape index (κ2) is 4.31. The number of aliphatic hydroxyl groups is 1. The molecular weight excluding hydrogens is 206 g/mol. The van der Waals surface area contributed by atoms with Crippen LogP contribution in [0, 0.1) is 0 Å². The van der Waals surface area contributed by atoms with Crippen molar-refractivity contribution in [2.24, 2.45) is 0 Å². The lowest BCUT2D eigenvalue weighted by molar-refractivity contribution is 0.0264. The van der Waals surface area contributed by atoms with Crippen molar-refractivity contribution in [3.05, 3.63) is 23.8 Å². The summed E-state index contributed by atoms with van der Waals surface area (Å²) in [5.74, 6) is 1.52. The summed E-state index contributed by atoms with van der Waals surface area (Å²) in [7, 11) is 0. The number of benzene rings is 1. The van der Waals surface area contributed by atoms with Gasteiger partial charge in [0.05, 0.1) is 0 Å². The van der Waals surface area contributed by atoms with Crippen molar-refractivity contribution >= 4 is 0 Å². The lowest BCUT2D eigenvalue weighted by Crippen LogP contribution is -2.43. The maximum absolute atomic E-state index is 10.0. The first kappa shape index (κ1) is 11.2. The molecule has 0 bridgehead atoms. The largest absolute Gasteiger partial charge is 0.454 e. The second-order valence-corrected chi connectivity index (χ2v) is 4.17. The molecule has 0 aliphatic carbocycles. The van der Waals surface area contributed by atoms with Gasteiger partial charge in [-0.25, -0.2) is 0 Å². The molecule has 4 nitrogen and oxygen atoms in total. The van der Waals surface area contributed by atoms with Crippen molar-refractivity contribution in [3.63, 3.8) is 0 Å². The number of rotatable bonds is 4. The maximum Gasteiger partial charge on any atom is 0.231 e. The van der Waals surface area contributed by atoms with Gasteiger partial charge in [0.2, 0.25) is 6.79 Å². The summed E-state index contributed by atoms with van der Waals surface area (Å²) >= 11 is 0. The predicted octanol–water partition coefficient (Wildman–Crippen LogP) is 1.28. The fourth-order valence-corrected chi connectivity index (χ4v) is 1.89. The average Bonchev–Trinajstić information content (AvgIpc) is 2.63. The molecule has 1 aliphatic rings. The van der Waals surface area contributed by atoms with E-state index in [-0.39, 0.29) is 6.79 Å². The first-order valence-electron chi connectivity index (χ1n) is 5.47. The van der Waals surface area contributed by atoms with Gasteiger partial charge in [0.15, 0.2) is 11.5 Å². The third kappa shape index (κ3) is 2.46. The zero-order chi connectivity index (χ0) is 11.6. The van der Waals surface area contributed by atoms with Crippen LogP contribution >= 0.6 is 0 Å². The zero-order valence-corrected chi connectivity index (χ0v) is 9.62. The predicted molar refractivity (Wildman–Crippen MR) is 60.6 cm³/mol. The van der Waals surface area contributed by atoms with Gasteiger partial charge < -0.3 is 14.6 Å². The second-order valence-electron chi connectivity index (χ2n) is 4.17. The molecule has 1 aromatic rings. The molecule has 0 saturated heterocycles. The molecule has 16 heavy (non-hydrogen) atoms. The Balaban J connectivity index is 2.10. The Labute approximate surface area is 95.2 Å². The van der Waals surface area contributed by atoms with Gasteiger partial charge in [-0.05, 0) is 31.2 Å². The number of ether oxygens (including phenoxy) is 2. The van der Waals surface area contributed by atoms with E-state index in [1.54, 1.807) is 6.92 Å². The van der Waals surface area contributed by atoms with Crippen LogP contribution in [-0.4, -0.2) is 24.2 Å². The molecule has 1 atom stereocenters. The van der Waals surface area contributed by atoms with Gasteiger partial charge in [-0.2, -0.15) is 0 Å². The Hall–Kier alpha value is -1.26. The lowest BCUT2D eigenvalue weighted by atomic mass is 10.0. The van der Waals surface area contributed by atoms with Gasteiger partial charge in [-0.15, -0.1) is 0 Å². The Morgan fingerprint density at radius 3 is 2.88 bits per heavy atom. The number of likely N-dealkylation sites (N-methyl/N-ethyl adjacent to an activating group) is 1. The highest BCUT2D eigenvalue weighted by molar-refractivity contribution is 5.44. The standard InChI is InChI=1S/C12H17NO3/c1-3-13-12(2,14)7-9-4-5-10-11(6-9)16-8-15-10/h4-6,13-14H,3,7-8H2,1-2H3. The summed E-state index contributed by atoms with van der Waals surface area (Å²) in [4.78, 5) is 0. The highest BCUT2D eigenvalue weighted by atomic mass is 16.7. The smallest absolute Gasteiger partial charge is 0.231 e. The maximum atomic E-state index is 10.0. The zero-order valence-electron chi connectivity index (χ0n) is 9.62. The third-order valence-electron chi connectivity index (χ3n) is 2.54. The summed E-state index contributed by atoms with van der Waals surface area (Å²) in [6.45, 7) is 4.75. The van der Waals surface area contributed by atoms with Crippen molar-refractivity contribution in [1.29, 1.82) is 0 Å². The molecule has 0 amide bonds. The monoisotopic (exact) mass is 223 g/mol. The Bertz CT molecular complexity index is 377. The molecule has 1 unspecified atom stereocenters. The third-order valence-corrected chi connectivity index (χ3v) is 2.54. The van der Waals surface area contributed by atoms with Gasteiger partial charge in [-0.3, -0.25) is 5.32 Å². The van der Waals surface area contributed by atoms with Crippen LogP contribution < -0.4 is 14.8 Å². The van der Waals surface area contributed by atoms with Crippen molar-refractivity contribution in [1.82, 2.24) is 5.32 Å². The molecule has 88 valence electrons. The van der Waals surface area contributed by atoms with E-state index in [0.29, 0.717) is 6.42 Å². The highest BCUT2D eigenvalue weighted by Crippen LogP contribution is 2.33. The first-order chi connectivity index (χ1) is 7.61. The number of nitrogens with one attached hydrogen (secondary N) is 1. The van der Waals surface area contributed by atoms with E-state index in [9.17, 15) is 5.11 Å². The molecule has 2 N–H and O–H groups in total. The highest BCUT2D eigenvalue weighted by Gasteiger charge is 2.21. The Morgan fingerprint density at radius 1 is 1.38 bits per heavy atom. The molecular formula is C12H17NO3. The van der Waals surface area contributed by atoms with Crippen molar-refractivity contribution < 1.29 is 14.6 Å². The Kier molecular flexibility index (Phi) is 3.03. The van der Waals surface area contributed by atoms with Gasteiger partial charge in [0.1, 0.15) is 5.72 Å². The van der Waals surface area contributed by atoms with E-state index in [1.807, 2.05) is 25.1 Å². The molecule has 1 aliphatic heterocycles. The summed E-state index contributed by atoms with van der Waals surface area (Å²) in [6.07, 6.45) is 0.539. The number of fused-ring (bicyclic) bond motifs is 1. The van der Waals surface area contributed by atoms with Gasteiger partial charge in [0, 0.05) is 6.42 Å². The summed E-state index contributed by atoms with van der Waals surface area (Å²) in [5.41, 5.74) is 0.137. The summed E-state index contributed by atoms with van der Waals surface area (Å²) in [5, 5.41) is 13.1. The van der Waals surface area contributed by atoms with Crippen LogP contribution in [-0.2, 0) is 6.42 Å². The summed E-state index contributed by atoms with van der Waals surface area (Å²) < 4.78 is 10.5. The van der Waals surface area contributed by atoms with E-state index in [4.69, 9.17) is 9.47 Å². The van der Waals surface area contributed by atoms with E-state index in [2.05, 4.69) is 5.32 Å². The quantitative estimate of drug-likeness (QED) is 0.755. The van der Waals surface area contributed by atoms with Crippen LogP contribution in [0.15, 0.2) is 18.2 Å². The minimum atomic E-state index is -0.886. The minimum absolute atomic E-state index is 0.280. The van der Waals surface area contributed by atoms with Crippen molar-refractivity contribution in [3.8, 4) is 11.5 Å². The van der Waals surface area contributed by atoms with Crippen LogP contribution in [0.2, 0.25) is 0 Å². The molecule has 2 rings (SSSR count). The summed E-state index contributed by atoms with van der Waals surface area (Å²) in [6, 6.07) is 5.73. The van der Waals surface area contributed by atoms with Crippen LogP contribution in [0.25, 0.3) is 0 Å². The number of hydrogen-bond donors (Lipinski definition) is 2. The van der Waals surface area contributed by atoms with E-state index < -0.39 is 5.72 Å². The Morgan fingerprint density at radius 2 is 2.12 bits per heavy atom. The fourth-order valence-electron chi connectivity index (χ4n) is 1.89. The van der Waals surface area contributed by atoms with E-state index >= 15 is 0 Å².